The molecule has 0 radical (unpaired) electrons. The molecule has 1 heterocycles. The van der Waals surface area contributed by atoms with E-state index in [4.69, 9.17) is 5.11 Å². The number of rotatable bonds is 5. The van der Waals surface area contributed by atoms with Gasteiger partial charge in [-0.1, -0.05) is 6.07 Å². The molecule has 122 valence electrons. The van der Waals surface area contributed by atoms with Crippen LogP contribution in [0.3, 0.4) is 0 Å². The average Bonchev–Trinajstić information content (AvgIpc) is 2.90. The maximum Gasteiger partial charge on any atom is 0.347 e. The monoisotopic (exact) mass is 350 g/mol. The minimum absolute atomic E-state index is 0.185. The van der Waals surface area contributed by atoms with E-state index in [1.807, 2.05) is 31.4 Å². The Morgan fingerprint density at radius 3 is 2.61 bits per heavy atom. The number of carbonyl (C=O) groups excluding carboxylic acids is 1. The Balaban J connectivity index is 2.20. The number of thiazole rings is 1. The standard InChI is InChI=1S/C16H18N2O3S2/c1-8-5-6-11(22-4)7-12(8)14(19)17-10(3)15-18-9(2)13(23-15)16(20)21/h5-7,10H,1-4H3,(H,17,19)(H,20,21). The van der Waals surface area contributed by atoms with Crippen LogP contribution in [0.15, 0.2) is 23.1 Å². The molecule has 0 saturated carbocycles. The van der Waals surface area contributed by atoms with E-state index in [0.29, 0.717) is 16.3 Å². The maximum absolute atomic E-state index is 12.5. The molecule has 0 fully saturated rings. The highest BCUT2D eigenvalue weighted by Crippen LogP contribution is 2.24. The number of carboxylic acids is 1. The first-order valence-electron chi connectivity index (χ1n) is 6.99. The van der Waals surface area contributed by atoms with Crippen molar-refractivity contribution < 1.29 is 14.7 Å². The smallest absolute Gasteiger partial charge is 0.347 e. The molecule has 7 heteroatoms. The van der Waals surface area contributed by atoms with Crippen LogP contribution in [0.25, 0.3) is 0 Å². The molecule has 0 spiro atoms. The molecule has 1 atom stereocenters. The molecular weight excluding hydrogens is 332 g/mol. The molecule has 1 unspecified atom stereocenters. The van der Waals surface area contributed by atoms with Gasteiger partial charge < -0.3 is 10.4 Å². The summed E-state index contributed by atoms with van der Waals surface area (Å²) < 4.78 is 0. The SMILES string of the molecule is CSc1ccc(C)c(C(=O)NC(C)c2nc(C)c(C(=O)O)s2)c1. The Morgan fingerprint density at radius 1 is 1.35 bits per heavy atom. The Morgan fingerprint density at radius 2 is 2.04 bits per heavy atom. The molecule has 0 aliphatic carbocycles. The van der Waals surface area contributed by atoms with E-state index in [0.717, 1.165) is 21.8 Å². The number of carboxylic acid groups (broad SMARTS) is 1. The summed E-state index contributed by atoms with van der Waals surface area (Å²) in [4.78, 5) is 29.1. The molecule has 23 heavy (non-hydrogen) atoms. The number of hydrogen-bond donors (Lipinski definition) is 2. The van der Waals surface area contributed by atoms with E-state index < -0.39 is 5.97 Å². The van der Waals surface area contributed by atoms with Gasteiger partial charge in [-0.15, -0.1) is 23.1 Å². The van der Waals surface area contributed by atoms with Gasteiger partial charge in [-0.2, -0.15) is 0 Å². The van der Waals surface area contributed by atoms with Crippen LogP contribution in [0.2, 0.25) is 0 Å². The highest BCUT2D eigenvalue weighted by molar-refractivity contribution is 7.98. The molecule has 2 N–H and O–H groups in total. The second-order valence-corrected chi connectivity index (χ2v) is 7.06. The summed E-state index contributed by atoms with van der Waals surface area (Å²) >= 11 is 2.67. The maximum atomic E-state index is 12.5. The Labute approximate surface area is 143 Å². The van der Waals surface area contributed by atoms with Crippen LogP contribution in [0.4, 0.5) is 0 Å². The number of nitrogens with zero attached hydrogens (tertiary/aromatic N) is 1. The van der Waals surface area contributed by atoms with E-state index in [1.165, 1.54) is 0 Å². The van der Waals surface area contributed by atoms with Crippen LogP contribution < -0.4 is 5.32 Å². The normalized spacial score (nSPS) is 12.0. The summed E-state index contributed by atoms with van der Waals surface area (Å²) in [6.45, 7) is 5.35. The van der Waals surface area contributed by atoms with Gasteiger partial charge in [0.2, 0.25) is 0 Å². The largest absolute Gasteiger partial charge is 0.477 e. The molecular formula is C16H18N2O3S2. The number of hydrogen-bond acceptors (Lipinski definition) is 5. The number of aromatic carboxylic acids is 1. The third-order valence-electron chi connectivity index (χ3n) is 3.41. The average molecular weight is 350 g/mol. The molecule has 0 aliphatic rings. The number of carbonyl (C=O) groups is 2. The topological polar surface area (TPSA) is 79.3 Å². The summed E-state index contributed by atoms with van der Waals surface area (Å²) in [6.07, 6.45) is 1.96. The first-order chi connectivity index (χ1) is 10.8. The molecule has 1 aromatic heterocycles. The lowest BCUT2D eigenvalue weighted by atomic mass is 10.1. The molecule has 0 saturated heterocycles. The van der Waals surface area contributed by atoms with Crippen molar-refractivity contribution in [3.05, 3.63) is 44.9 Å². The van der Waals surface area contributed by atoms with Gasteiger partial charge in [-0.3, -0.25) is 4.79 Å². The third kappa shape index (κ3) is 3.92. The highest BCUT2D eigenvalue weighted by atomic mass is 32.2. The summed E-state index contributed by atoms with van der Waals surface area (Å²) in [5.41, 5.74) is 1.99. The molecule has 2 rings (SSSR count). The van der Waals surface area contributed by atoms with Gasteiger partial charge in [0.1, 0.15) is 9.88 Å². The van der Waals surface area contributed by atoms with Crippen molar-refractivity contribution >= 4 is 35.0 Å². The van der Waals surface area contributed by atoms with Gasteiger partial charge in [0.15, 0.2) is 0 Å². The van der Waals surface area contributed by atoms with Gasteiger partial charge in [0.25, 0.3) is 5.91 Å². The van der Waals surface area contributed by atoms with Gasteiger partial charge in [-0.25, -0.2) is 9.78 Å². The van der Waals surface area contributed by atoms with Crippen molar-refractivity contribution in [2.24, 2.45) is 0 Å². The van der Waals surface area contributed by atoms with Crippen molar-refractivity contribution in [3.63, 3.8) is 0 Å². The van der Waals surface area contributed by atoms with Crippen LogP contribution >= 0.6 is 23.1 Å². The lowest BCUT2D eigenvalue weighted by Crippen LogP contribution is -2.27. The van der Waals surface area contributed by atoms with Crippen molar-refractivity contribution in [1.29, 1.82) is 0 Å². The fourth-order valence-corrected chi connectivity index (χ4v) is 3.46. The highest BCUT2D eigenvalue weighted by Gasteiger charge is 2.20. The van der Waals surface area contributed by atoms with E-state index in [9.17, 15) is 9.59 Å². The fourth-order valence-electron chi connectivity index (χ4n) is 2.11. The second kappa shape index (κ2) is 7.14. The molecule has 0 bridgehead atoms. The van der Waals surface area contributed by atoms with Gasteiger partial charge in [0, 0.05) is 10.5 Å². The lowest BCUT2D eigenvalue weighted by molar-refractivity contribution is 0.0701. The Bertz CT molecular complexity index is 756. The van der Waals surface area contributed by atoms with E-state index >= 15 is 0 Å². The van der Waals surface area contributed by atoms with E-state index in [1.54, 1.807) is 25.6 Å². The van der Waals surface area contributed by atoms with Crippen molar-refractivity contribution in [3.8, 4) is 0 Å². The van der Waals surface area contributed by atoms with Crippen LogP contribution in [0.5, 0.6) is 0 Å². The van der Waals surface area contributed by atoms with Gasteiger partial charge >= 0.3 is 5.97 Å². The van der Waals surface area contributed by atoms with Crippen LogP contribution in [0.1, 0.15) is 49.3 Å². The molecule has 1 amide bonds. The summed E-state index contributed by atoms with van der Waals surface area (Å²) in [5, 5.41) is 12.6. The van der Waals surface area contributed by atoms with Crippen LogP contribution in [-0.2, 0) is 0 Å². The molecule has 0 aliphatic heterocycles. The molecule has 5 nitrogen and oxygen atoms in total. The predicted octanol–water partition coefficient (Wildman–Crippen LogP) is 3.67. The van der Waals surface area contributed by atoms with Crippen LogP contribution in [-0.4, -0.2) is 28.2 Å². The lowest BCUT2D eigenvalue weighted by Gasteiger charge is -2.13. The minimum Gasteiger partial charge on any atom is -0.477 e. The van der Waals surface area contributed by atoms with E-state index in [-0.39, 0.29) is 16.8 Å². The van der Waals surface area contributed by atoms with Crippen molar-refractivity contribution in [2.45, 2.75) is 31.7 Å². The van der Waals surface area contributed by atoms with Crippen molar-refractivity contribution in [2.75, 3.05) is 6.26 Å². The third-order valence-corrected chi connectivity index (χ3v) is 5.47. The number of nitrogens with one attached hydrogen (secondary N) is 1. The van der Waals surface area contributed by atoms with Gasteiger partial charge in [-0.05, 0) is 44.7 Å². The number of aromatic nitrogens is 1. The second-order valence-electron chi connectivity index (χ2n) is 5.15. The minimum atomic E-state index is -0.992. The Hall–Kier alpha value is -1.86. The summed E-state index contributed by atoms with van der Waals surface area (Å²) in [5.74, 6) is -1.18. The number of amides is 1. The quantitative estimate of drug-likeness (QED) is 0.804. The number of aryl methyl sites for hydroxylation is 2. The first-order valence-corrected chi connectivity index (χ1v) is 9.03. The fraction of sp³-hybridized carbons (Fsp3) is 0.312. The summed E-state index contributed by atoms with van der Waals surface area (Å²) in [7, 11) is 0. The van der Waals surface area contributed by atoms with Gasteiger partial charge in [0.05, 0.1) is 11.7 Å². The summed E-state index contributed by atoms with van der Waals surface area (Å²) in [6, 6.07) is 5.40. The first kappa shape index (κ1) is 17.5. The zero-order valence-corrected chi connectivity index (χ0v) is 15.0. The van der Waals surface area contributed by atoms with Crippen molar-refractivity contribution in [1.82, 2.24) is 10.3 Å². The zero-order chi connectivity index (χ0) is 17.1. The molecule has 1 aromatic carbocycles. The van der Waals surface area contributed by atoms with Crippen LogP contribution in [0, 0.1) is 13.8 Å². The van der Waals surface area contributed by atoms with E-state index in [2.05, 4.69) is 10.3 Å². The predicted molar refractivity (Wildman–Crippen MR) is 92.7 cm³/mol. The Kier molecular flexibility index (Phi) is 5.43. The zero-order valence-electron chi connectivity index (χ0n) is 13.3. The number of benzene rings is 1. The molecule has 2 aromatic rings. The number of thioether (sulfide) groups is 1.